The molecule has 13 heavy (non-hydrogen) atoms. The molecule has 4 heteroatoms. The van der Waals surface area contributed by atoms with Crippen LogP contribution in [0.2, 0.25) is 0 Å². The maximum atomic E-state index is 11.2. The van der Waals surface area contributed by atoms with Gasteiger partial charge in [0.25, 0.3) is 0 Å². The van der Waals surface area contributed by atoms with Gasteiger partial charge in [-0.15, -0.1) is 6.58 Å². The van der Waals surface area contributed by atoms with Crippen molar-refractivity contribution in [1.29, 1.82) is 0 Å². The lowest BCUT2D eigenvalue weighted by Crippen LogP contribution is -2.22. The van der Waals surface area contributed by atoms with Crippen molar-refractivity contribution in [2.45, 2.75) is 19.1 Å². The second-order valence-electron chi connectivity index (χ2n) is 3.33. The number of cyclic esters (lactones) is 2. The average molecular weight is 182 g/mol. The lowest BCUT2D eigenvalue weighted by Gasteiger charge is -2.08. The van der Waals surface area contributed by atoms with Crippen molar-refractivity contribution in [3.8, 4) is 0 Å². The molecule has 0 radical (unpaired) electrons. The minimum absolute atomic E-state index is 0.257. The number of rotatable bonds is 1. The molecule has 2 rings (SSSR count). The summed E-state index contributed by atoms with van der Waals surface area (Å²) in [5.41, 5.74) is 0. The zero-order valence-electron chi connectivity index (χ0n) is 7.23. The summed E-state index contributed by atoms with van der Waals surface area (Å²) >= 11 is 0. The van der Waals surface area contributed by atoms with Gasteiger partial charge in [0.1, 0.15) is 5.92 Å². The molecule has 70 valence electrons. The molecule has 2 aliphatic heterocycles. The van der Waals surface area contributed by atoms with E-state index < -0.39 is 23.8 Å². The zero-order chi connectivity index (χ0) is 9.59. The molecule has 0 aliphatic carbocycles. The van der Waals surface area contributed by atoms with E-state index in [2.05, 4.69) is 11.3 Å². The molecule has 0 aromatic heterocycles. The molecular formula is C9H10O4. The van der Waals surface area contributed by atoms with Crippen LogP contribution in [0, 0.1) is 11.8 Å². The molecule has 0 N–H and O–H groups in total. The first-order chi connectivity index (χ1) is 6.15. The lowest BCUT2D eigenvalue weighted by molar-refractivity contribution is -0.157. The van der Waals surface area contributed by atoms with Crippen molar-refractivity contribution >= 4 is 11.9 Å². The van der Waals surface area contributed by atoms with Crippen LogP contribution in [0.5, 0.6) is 0 Å². The standard InChI is InChI=1S/C9H10O4/c1-3-5-7-6(4(2)12-5)8(10)13-9(7)11/h3-7H,1H2,2H3/t4?,5?,6-,7+/m0/s1. The minimum Gasteiger partial charge on any atom is -0.393 e. The number of hydrogen-bond acceptors (Lipinski definition) is 4. The molecule has 0 bridgehead atoms. The van der Waals surface area contributed by atoms with Gasteiger partial charge in [-0.25, -0.2) is 0 Å². The first-order valence-corrected chi connectivity index (χ1v) is 4.18. The van der Waals surface area contributed by atoms with E-state index in [9.17, 15) is 9.59 Å². The van der Waals surface area contributed by atoms with Gasteiger partial charge < -0.3 is 9.47 Å². The Labute approximate surface area is 75.5 Å². The second kappa shape index (κ2) is 2.67. The lowest BCUT2D eigenvalue weighted by atomic mass is 9.90. The van der Waals surface area contributed by atoms with Crippen LogP contribution in [0.1, 0.15) is 6.92 Å². The molecule has 4 nitrogen and oxygen atoms in total. The number of hydrogen-bond donors (Lipinski definition) is 0. The van der Waals surface area contributed by atoms with Crippen LogP contribution in [0.3, 0.4) is 0 Å². The van der Waals surface area contributed by atoms with Crippen molar-refractivity contribution in [2.24, 2.45) is 11.8 Å². The third-order valence-electron chi connectivity index (χ3n) is 2.60. The summed E-state index contributed by atoms with van der Waals surface area (Å²) < 4.78 is 9.90. The van der Waals surface area contributed by atoms with Gasteiger partial charge in [0.2, 0.25) is 0 Å². The van der Waals surface area contributed by atoms with E-state index in [1.807, 2.05) is 0 Å². The van der Waals surface area contributed by atoms with Crippen molar-refractivity contribution in [3.05, 3.63) is 12.7 Å². The summed E-state index contributed by atoms with van der Waals surface area (Å²) in [5, 5.41) is 0. The minimum atomic E-state index is -0.482. The van der Waals surface area contributed by atoms with Crippen LogP contribution in [-0.2, 0) is 19.1 Å². The van der Waals surface area contributed by atoms with E-state index in [-0.39, 0.29) is 12.2 Å². The van der Waals surface area contributed by atoms with Gasteiger partial charge in [-0.3, -0.25) is 9.59 Å². The van der Waals surface area contributed by atoms with Crippen molar-refractivity contribution in [2.75, 3.05) is 0 Å². The van der Waals surface area contributed by atoms with E-state index in [1.54, 1.807) is 13.0 Å². The Balaban J connectivity index is 2.33. The SMILES string of the molecule is C=CC1OC(C)[C@@H]2C(=O)OC(=O)[C@H]12. The van der Waals surface area contributed by atoms with Gasteiger partial charge in [-0.1, -0.05) is 6.08 Å². The maximum absolute atomic E-state index is 11.2. The van der Waals surface area contributed by atoms with Gasteiger partial charge in [0, 0.05) is 0 Å². The van der Waals surface area contributed by atoms with E-state index in [0.717, 1.165) is 0 Å². The van der Waals surface area contributed by atoms with Crippen LogP contribution < -0.4 is 0 Å². The molecule has 2 heterocycles. The normalized spacial score (nSPS) is 43.2. The van der Waals surface area contributed by atoms with Crippen LogP contribution in [-0.4, -0.2) is 24.1 Å². The molecule has 2 saturated heterocycles. The molecule has 0 aromatic rings. The van der Waals surface area contributed by atoms with Crippen molar-refractivity contribution in [3.63, 3.8) is 0 Å². The Morgan fingerprint density at radius 3 is 2.54 bits per heavy atom. The van der Waals surface area contributed by atoms with Crippen molar-refractivity contribution in [1.82, 2.24) is 0 Å². The van der Waals surface area contributed by atoms with Gasteiger partial charge in [0.05, 0.1) is 18.1 Å². The molecule has 2 fully saturated rings. The van der Waals surface area contributed by atoms with E-state index >= 15 is 0 Å². The molecule has 4 atom stereocenters. The van der Waals surface area contributed by atoms with Crippen molar-refractivity contribution < 1.29 is 19.1 Å². The predicted octanol–water partition coefficient (Wildman–Crippen LogP) is 0.275. The quantitative estimate of drug-likeness (QED) is 0.332. The molecule has 2 aliphatic rings. The van der Waals surface area contributed by atoms with E-state index in [1.165, 1.54) is 0 Å². The Morgan fingerprint density at radius 1 is 1.31 bits per heavy atom. The number of fused-ring (bicyclic) bond motifs is 1. The van der Waals surface area contributed by atoms with Gasteiger partial charge in [-0.05, 0) is 6.92 Å². The monoisotopic (exact) mass is 182 g/mol. The number of carbonyl (C=O) groups excluding carboxylic acids is 2. The van der Waals surface area contributed by atoms with Crippen LogP contribution in [0.4, 0.5) is 0 Å². The third-order valence-corrected chi connectivity index (χ3v) is 2.60. The molecule has 0 aromatic carbocycles. The highest BCUT2D eigenvalue weighted by Crippen LogP contribution is 2.39. The third kappa shape index (κ3) is 1.02. The summed E-state index contributed by atoms with van der Waals surface area (Å²) in [5.74, 6) is -1.85. The Bertz CT molecular complexity index is 283. The molecule has 0 amide bonds. The Hall–Kier alpha value is -1.16. The highest BCUT2D eigenvalue weighted by molar-refractivity contribution is 5.97. The van der Waals surface area contributed by atoms with Gasteiger partial charge in [-0.2, -0.15) is 0 Å². The topological polar surface area (TPSA) is 52.6 Å². The number of esters is 2. The largest absolute Gasteiger partial charge is 0.393 e. The van der Waals surface area contributed by atoms with Gasteiger partial charge >= 0.3 is 11.9 Å². The fourth-order valence-electron chi connectivity index (χ4n) is 1.97. The van der Waals surface area contributed by atoms with Gasteiger partial charge in [0.15, 0.2) is 0 Å². The zero-order valence-corrected chi connectivity index (χ0v) is 7.23. The number of carbonyl (C=O) groups is 2. The number of ether oxygens (including phenoxy) is 2. The first-order valence-electron chi connectivity index (χ1n) is 4.18. The fraction of sp³-hybridized carbons (Fsp3) is 0.556. The summed E-state index contributed by atoms with van der Waals surface area (Å²) in [6, 6.07) is 0. The fourth-order valence-corrected chi connectivity index (χ4v) is 1.97. The molecular weight excluding hydrogens is 172 g/mol. The smallest absolute Gasteiger partial charge is 0.320 e. The highest BCUT2D eigenvalue weighted by Gasteiger charge is 2.56. The molecule has 0 saturated carbocycles. The molecule has 0 spiro atoms. The first kappa shape index (κ1) is 8.44. The van der Waals surface area contributed by atoms with Crippen LogP contribution in [0.25, 0.3) is 0 Å². The van der Waals surface area contributed by atoms with E-state index in [0.29, 0.717) is 0 Å². The van der Waals surface area contributed by atoms with Crippen LogP contribution >= 0.6 is 0 Å². The Morgan fingerprint density at radius 2 is 1.92 bits per heavy atom. The summed E-state index contributed by atoms with van der Waals surface area (Å²) in [4.78, 5) is 22.4. The maximum Gasteiger partial charge on any atom is 0.320 e. The summed E-state index contributed by atoms with van der Waals surface area (Å²) in [6.07, 6.45) is 0.909. The van der Waals surface area contributed by atoms with Crippen LogP contribution in [0.15, 0.2) is 12.7 Å². The Kier molecular flexibility index (Phi) is 1.73. The van der Waals surface area contributed by atoms with E-state index in [4.69, 9.17) is 4.74 Å². The molecule has 2 unspecified atom stereocenters. The summed E-state index contributed by atoms with van der Waals surface area (Å²) in [6.45, 7) is 5.32. The summed E-state index contributed by atoms with van der Waals surface area (Å²) in [7, 11) is 0. The highest BCUT2D eigenvalue weighted by atomic mass is 16.6. The second-order valence-corrected chi connectivity index (χ2v) is 3.33. The predicted molar refractivity (Wildman–Crippen MR) is 42.6 cm³/mol. The average Bonchev–Trinajstić information content (AvgIpc) is 2.54.